The number of nitrogen functional groups attached to an aromatic ring is 1. The molecule has 0 spiro atoms. The van der Waals surface area contributed by atoms with Gasteiger partial charge in [0.15, 0.2) is 0 Å². The zero-order valence-electron chi connectivity index (χ0n) is 10.2. The van der Waals surface area contributed by atoms with E-state index in [2.05, 4.69) is 5.32 Å². The molecular formula is C13H18N2O2S. The summed E-state index contributed by atoms with van der Waals surface area (Å²) in [5, 5.41) is 2.93. The standard InChI is InChI=1S/C13H18N2O2S/c14-10-4-3-5-11(8-10)15-13(16)9-18(17)12-6-1-2-7-12/h3-5,8,12H,1-2,6-7,9,14H2,(H,15,16). The van der Waals surface area contributed by atoms with E-state index >= 15 is 0 Å². The third-order valence-electron chi connectivity index (χ3n) is 3.12. The first kappa shape index (κ1) is 13.1. The van der Waals surface area contributed by atoms with Crippen LogP contribution in [0.25, 0.3) is 0 Å². The monoisotopic (exact) mass is 266 g/mol. The van der Waals surface area contributed by atoms with Crippen molar-refractivity contribution in [1.82, 2.24) is 0 Å². The van der Waals surface area contributed by atoms with Crippen LogP contribution in [0.15, 0.2) is 24.3 Å². The number of hydrogen-bond donors (Lipinski definition) is 2. The quantitative estimate of drug-likeness (QED) is 0.818. The second-order valence-electron chi connectivity index (χ2n) is 4.61. The van der Waals surface area contributed by atoms with Gasteiger partial charge in [-0.15, -0.1) is 0 Å². The Morgan fingerprint density at radius 1 is 1.39 bits per heavy atom. The molecule has 1 aromatic carbocycles. The molecular weight excluding hydrogens is 248 g/mol. The second kappa shape index (κ2) is 6.00. The molecule has 1 atom stereocenters. The van der Waals surface area contributed by atoms with Gasteiger partial charge in [0, 0.05) is 27.4 Å². The molecule has 1 unspecified atom stereocenters. The van der Waals surface area contributed by atoms with Crippen LogP contribution in [-0.2, 0) is 15.6 Å². The molecule has 3 N–H and O–H groups in total. The lowest BCUT2D eigenvalue weighted by molar-refractivity contribution is -0.113. The van der Waals surface area contributed by atoms with Gasteiger partial charge in [-0.2, -0.15) is 0 Å². The third kappa shape index (κ3) is 3.57. The molecule has 0 heterocycles. The normalized spacial score (nSPS) is 17.6. The molecule has 1 aliphatic rings. The Hall–Kier alpha value is -1.36. The van der Waals surface area contributed by atoms with Crippen LogP contribution in [0.5, 0.6) is 0 Å². The summed E-state index contributed by atoms with van der Waals surface area (Å²) in [6.45, 7) is 0. The van der Waals surface area contributed by atoms with E-state index in [1.165, 1.54) is 0 Å². The van der Waals surface area contributed by atoms with Gasteiger partial charge in [-0.25, -0.2) is 0 Å². The fourth-order valence-corrected chi connectivity index (χ4v) is 3.64. The minimum atomic E-state index is -1.05. The summed E-state index contributed by atoms with van der Waals surface area (Å²) >= 11 is 0. The molecule has 0 saturated heterocycles. The van der Waals surface area contributed by atoms with Gasteiger partial charge in [-0.05, 0) is 31.0 Å². The molecule has 0 bridgehead atoms. The molecule has 1 saturated carbocycles. The largest absolute Gasteiger partial charge is 0.399 e. The summed E-state index contributed by atoms with van der Waals surface area (Å²) in [5.74, 6) is -0.120. The number of anilines is 2. The minimum absolute atomic E-state index is 0.0828. The van der Waals surface area contributed by atoms with Gasteiger partial charge in [0.2, 0.25) is 5.91 Å². The third-order valence-corrected chi connectivity index (χ3v) is 4.88. The summed E-state index contributed by atoms with van der Waals surface area (Å²) in [4.78, 5) is 11.7. The van der Waals surface area contributed by atoms with Gasteiger partial charge >= 0.3 is 0 Å². The molecule has 1 fully saturated rings. The highest BCUT2D eigenvalue weighted by molar-refractivity contribution is 7.86. The summed E-state index contributed by atoms with van der Waals surface area (Å²) in [6, 6.07) is 6.99. The van der Waals surface area contributed by atoms with Crippen LogP contribution in [0.4, 0.5) is 11.4 Å². The van der Waals surface area contributed by atoms with Crippen molar-refractivity contribution in [2.45, 2.75) is 30.9 Å². The van der Waals surface area contributed by atoms with E-state index in [1.807, 2.05) is 0 Å². The van der Waals surface area contributed by atoms with Crippen LogP contribution in [0.2, 0.25) is 0 Å². The summed E-state index contributed by atoms with van der Waals surface area (Å²) < 4.78 is 11.9. The predicted octanol–water partition coefficient (Wildman–Crippen LogP) is 1.90. The Kier molecular flexibility index (Phi) is 4.36. The van der Waals surface area contributed by atoms with Crippen LogP contribution in [0, 0.1) is 0 Å². The predicted molar refractivity (Wildman–Crippen MR) is 74.7 cm³/mol. The van der Waals surface area contributed by atoms with E-state index in [0.29, 0.717) is 11.4 Å². The molecule has 1 aromatic rings. The Labute approximate surface area is 109 Å². The van der Waals surface area contributed by atoms with E-state index in [4.69, 9.17) is 5.73 Å². The van der Waals surface area contributed by atoms with Crippen molar-refractivity contribution in [2.24, 2.45) is 0 Å². The number of nitrogens with two attached hydrogens (primary N) is 1. The maximum Gasteiger partial charge on any atom is 0.237 e. The average Bonchev–Trinajstić information content (AvgIpc) is 2.81. The highest BCUT2D eigenvalue weighted by atomic mass is 32.2. The lowest BCUT2D eigenvalue weighted by atomic mass is 10.3. The average molecular weight is 266 g/mol. The van der Waals surface area contributed by atoms with Gasteiger partial charge in [0.25, 0.3) is 0 Å². The first-order chi connectivity index (χ1) is 8.65. The molecule has 1 aliphatic carbocycles. The number of carbonyl (C=O) groups is 1. The summed E-state index contributed by atoms with van der Waals surface area (Å²) in [6.07, 6.45) is 4.23. The van der Waals surface area contributed by atoms with E-state index < -0.39 is 10.8 Å². The number of benzene rings is 1. The van der Waals surface area contributed by atoms with Gasteiger partial charge in [-0.1, -0.05) is 18.9 Å². The molecule has 18 heavy (non-hydrogen) atoms. The number of hydrogen-bond acceptors (Lipinski definition) is 3. The Morgan fingerprint density at radius 3 is 2.78 bits per heavy atom. The van der Waals surface area contributed by atoms with Gasteiger partial charge in [0.05, 0.1) is 0 Å². The number of nitrogens with one attached hydrogen (secondary N) is 1. The van der Waals surface area contributed by atoms with E-state index in [1.54, 1.807) is 24.3 Å². The first-order valence-corrected chi connectivity index (χ1v) is 7.56. The fourth-order valence-electron chi connectivity index (χ4n) is 2.21. The van der Waals surface area contributed by atoms with Gasteiger partial charge in [-0.3, -0.25) is 9.00 Å². The van der Waals surface area contributed by atoms with Crippen LogP contribution < -0.4 is 11.1 Å². The molecule has 0 aliphatic heterocycles. The number of rotatable bonds is 4. The Morgan fingerprint density at radius 2 is 2.11 bits per heavy atom. The SMILES string of the molecule is Nc1cccc(NC(=O)CS(=O)C2CCCC2)c1. The molecule has 4 nitrogen and oxygen atoms in total. The van der Waals surface area contributed by atoms with Crippen LogP contribution >= 0.6 is 0 Å². The highest BCUT2D eigenvalue weighted by Gasteiger charge is 2.23. The molecule has 5 heteroatoms. The van der Waals surface area contributed by atoms with Crippen molar-refractivity contribution in [3.8, 4) is 0 Å². The summed E-state index contributed by atoms with van der Waals surface area (Å²) in [7, 11) is -1.05. The molecule has 0 aromatic heterocycles. The summed E-state index contributed by atoms with van der Waals surface area (Å²) in [5.41, 5.74) is 6.88. The maximum atomic E-state index is 11.9. The van der Waals surface area contributed by atoms with E-state index in [0.717, 1.165) is 25.7 Å². The number of amides is 1. The highest BCUT2D eigenvalue weighted by Crippen LogP contribution is 2.23. The van der Waals surface area contributed by atoms with Crippen molar-refractivity contribution < 1.29 is 9.00 Å². The van der Waals surface area contributed by atoms with Gasteiger partial charge < -0.3 is 11.1 Å². The topological polar surface area (TPSA) is 72.2 Å². The second-order valence-corrected chi connectivity index (χ2v) is 6.32. The van der Waals surface area contributed by atoms with Crippen LogP contribution in [0.1, 0.15) is 25.7 Å². The van der Waals surface area contributed by atoms with Crippen molar-refractivity contribution in [3.05, 3.63) is 24.3 Å². The number of carbonyl (C=O) groups excluding carboxylic acids is 1. The lowest BCUT2D eigenvalue weighted by Crippen LogP contribution is -2.24. The molecule has 2 rings (SSSR count). The van der Waals surface area contributed by atoms with E-state index in [-0.39, 0.29) is 16.9 Å². The Balaban J connectivity index is 1.86. The van der Waals surface area contributed by atoms with Crippen LogP contribution in [-0.4, -0.2) is 21.1 Å². The van der Waals surface area contributed by atoms with Gasteiger partial charge in [0.1, 0.15) is 5.75 Å². The minimum Gasteiger partial charge on any atom is -0.399 e. The van der Waals surface area contributed by atoms with Crippen molar-refractivity contribution >= 4 is 28.1 Å². The fraction of sp³-hybridized carbons (Fsp3) is 0.462. The molecule has 1 amide bonds. The zero-order valence-corrected chi connectivity index (χ0v) is 11.0. The zero-order chi connectivity index (χ0) is 13.0. The van der Waals surface area contributed by atoms with Crippen molar-refractivity contribution in [2.75, 3.05) is 16.8 Å². The molecule has 0 radical (unpaired) electrons. The maximum absolute atomic E-state index is 11.9. The van der Waals surface area contributed by atoms with E-state index in [9.17, 15) is 9.00 Å². The first-order valence-electron chi connectivity index (χ1n) is 6.18. The van der Waals surface area contributed by atoms with Crippen LogP contribution in [0.3, 0.4) is 0 Å². The lowest BCUT2D eigenvalue weighted by Gasteiger charge is -2.09. The molecule has 98 valence electrons. The van der Waals surface area contributed by atoms with Crippen molar-refractivity contribution in [1.29, 1.82) is 0 Å². The van der Waals surface area contributed by atoms with Crippen molar-refractivity contribution in [3.63, 3.8) is 0 Å². The Bertz CT molecular complexity index is 456. The smallest absolute Gasteiger partial charge is 0.237 e.